The van der Waals surface area contributed by atoms with E-state index in [9.17, 15) is 0 Å². The molecule has 0 aliphatic rings. The average molecular weight is 284 g/mol. The van der Waals surface area contributed by atoms with Crippen molar-refractivity contribution in [3.05, 3.63) is 28.7 Å². The molecule has 0 fully saturated rings. The van der Waals surface area contributed by atoms with Gasteiger partial charge in [0.25, 0.3) is 0 Å². The molecule has 1 aromatic rings. The number of thiazole rings is 1. The van der Waals surface area contributed by atoms with Crippen molar-refractivity contribution in [1.82, 2.24) is 15.6 Å². The summed E-state index contributed by atoms with van der Waals surface area (Å²) in [6.45, 7) is 7.37. The predicted molar refractivity (Wildman–Crippen MR) is 82.6 cm³/mol. The second-order valence-corrected chi connectivity index (χ2v) is 6.05. The highest BCUT2D eigenvalue weighted by atomic mass is 32.2. The fourth-order valence-corrected chi connectivity index (χ4v) is 2.58. The molecule has 1 aromatic heterocycles. The largest absolute Gasteiger partial charge is 0.356 e. The Kier molecular flexibility index (Phi) is 7.52. The van der Waals surface area contributed by atoms with Crippen LogP contribution in [0.15, 0.2) is 23.8 Å². The van der Waals surface area contributed by atoms with Gasteiger partial charge < -0.3 is 10.6 Å². The molecule has 0 bridgehead atoms. The fraction of sp³-hybridized carbons (Fsp3) is 0.500. The van der Waals surface area contributed by atoms with Crippen LogP contribution in [0.5, 0.6) is 0 Å². The summed E-state index contributed by atoms with van der Waals surface area (Å²) in [7, 11) is 1.78. The van der Waals surface area contributed by atoms with Crippen LogP contribution in [0, 0.1) is 6.92 Å². The molecule has 0 atom stereocenters. The molecule has 6 heteroatoms. The van der Waals surface area contributed by atoms with Crippen LogP contribution in [-0.2, 0) is 6.54 Å². The Balaban J connectivity index is 2.19. The summed E-state index contributed by atoms with van der Waals surface area (Å²) >= 11 is 3.55. The Morgan fingerprint density at radius 3 is 3.06 bits per heavy atom. The van der Waals surface area contributed by atoms with Gasteiger partial charge in [-0.2, -0.15) is 11.8 Å². The van der Waals surface area contributed by atoms with E-state index in [1.807, 2.05) is 24.0 Å². The summed E-state index contributed by atoms with van der Waals surface area (Å²) in [6.07, 6.45) is 3.81. The van der Waals surface area contributed by atoms with E-state index in [1.54, 1.807) is 18.4 Å². The molecule has 0 aromatic carbocycles. The summed E-state index contributed by atoms with van der Waals surface area (Å²) in [5, 5.41) is 7.59. The van der Waals surface area contributed by atoms with E-state index >= 15 is 0 Å². The first-order chi connectivity index (χ1) is 8.76. The van der Waals surface area contributed by atoms with Crippen molar-refractivity contribution in [3.63, 3.8) is 0 Å². The summed E-state index contributed by atoms with van der Waals surface area (Å²) in [4.78, 5) is 9.70. The number of guanidine groups is 1. The van der Waals surface area contributed by atoms with Crippen LogP contribution in [0.2, 0.25) is 0 Å². The minimum atomic E-state index is 0.720. The third kappa shape index (κ3) is 6.07. The lowest BCUT2D eigenvalue weighted by molar-refractivity contribution is 0.827. The molecule has 0 radical (unpaired) electrons. The number of thioether (sulfide) groups is 1. The maximum atomic E-state index is 4.30. The number of aliphatic imine (C=N–C) groups is 1. The topological polar surface area (TPSA) is 49.3 Å². The highest BCUT2D eigenvalue weighted by molar-refractivity contribution is 7.99. The lowest BCUT2D eigenvalue weighted by Crippen LogP contribution is -2.37. The van der Waals surface area contributed by atoms with Crippen molar-refractivity contribution in [2.24, 2.45) is 4.99 Å². The minimum Gasteiger partial charge on any atom is -0.356 e. The van der Waals surface area contributed by atoms with E-state index in [0.717, 1.165) is 35.6 Å². The maximum absolute atomic E-state index is 4.30. The minimum absolute atomic E-state index is 0.720. The van der Waals surface area contributed by atoms with E-state index in [4.69, 9.17) is 0 Å². The molecule has 0 spiro atoms. The number of aromatic nitrogens is 1. The van der Waals surface area contributed by atoms with Gasteiger partial charge in [-0.05, 0) is 6.92 Å². The molecule has 2 N–H and O–H groups in total. The van der Waals surface area contributed by atoms with Crippen LogP contribution >= 0.6 is 23.1 Å². The third-order valence-corrected chi connectivity index (χ3v) is 3.95. The highest BCUT2D eigenvalue weighted by Crippen LogP contribution is 2.10. The Bertz CT molecular complexity index is 387. The van der Waals surface area contributed by atoms with E-state index < -0.39 is 0 Å². The Hall–Kier alpha value is -1.01. The van der Waals surface area contributed by atoms with Crippen LogP contribution in [0.4, 0.5) is 0 Å². The normalized spacial score (nSPS) is 11.3. The zero-order valence-corrected chi connectivity index (χ0v) is 12.5. The molecule has 1 rings (SSSR count). The number of aryl methyl sites for hydroxylation is 1. The molecule has 100 valence electrons. The van der Waals surface area contributed by atoms with Crippen molar-refractivity contribution in [3.8, 4) is 0 Å². The monoisotopic (exact) mass is 284 g/mol. The van der Waals surface area contributed by atoms with Crippen molar-refractivity contribution < 1.29 is 0 Å². The second kappa shape index (κ2) is 8.99. The standard InChI is InChI=1S/C12H20N4S2/c1-4-6-17-7-5-14-12(13-3)16-9-11-15-8-10(2)18-11/h4,8H,1,5-7,9H2,2-3H3,(H2,13,14,16). The van der Waals surface area contributed by atoms with E-state index in [-0.39, 0.29) is 0 Å². The average Bonchev–Trinajstić information content (AvgIpc) is 2.78. The number of hydrogen-bond donors (Lipinski definition) is 2. The van der Waals surface area contributed by atoms with Crippen molar-refractivity contribution in [2.45, 2.75) is 13.5 Å². The van der Waals surface area contributed by atoms with Gasteiger partial charge in [-0.3, -0.25) is 4.99 Å². The first-order valence-corrected chi connectivity index (χ1v) is 7.78. The molecule has 0 saturated carbocycles. The summed E-state index contributed by atoms with van der Waals surface area (Å²) in [5.74, 6) is 2.86. The first kappa shape index (κ1) is 15.0. The van der Waals surface area contributed by atoms with Crippen LogP contribution in [0.1, 0.15) is 9.88 Å². The lowest BCUT2D eigenvalue weighted by Gasteiger charge is -2.10. The van der Waals surface area contributed by atoms with E-state index in [0.29, 0.717) is 0 Å². The molecule has 0 aliphatic carbocycles. The zero-order valence-electron chi connectivity index (χ0n) is 10.9. The maximum Gasteiger partial charge on any atom is 0.191 e. The number of nitrogens with one attached hydrogen (secondary N) is 2. The molecule has 1 heterocycles. The highest BCUT2D eigenvalue weighted by Gasteiger charge is 2.00. The summed E-state index contributed by atoms with van der Waals surface area (Å²) in [5.41, 5.74) is 0. The molecule has 0 amide bonds. The van der Waals surface area contributed by atoms with Gasteiger partial charge >= 0.3 is 0 Å². The third-order valence-electron chi connectivity index (χ3n) is 2.07. The molecular formula is C12H20N4S2. The van der Waals surface area contributed by atoms with Gasteiger partial charge in [-0.25, -0.2) is 4.98 Å². The Morgan fingerprint density at radius 2 is 2.44 bits per heavy atom. The van der Waals surface area contributed by atoms with Crippen LogP contribution in [0.25, 0.3) is 0 Å². The van der Waals surface area contributed by atoms with Gasteiger partial charge in [-0.15, -0.1) is 17.9 Å². The SMILES string of the molecule is C=CCSCCNC(=NC)NCc1ncc(C)s1. The van der Waals surface area contributed by atoms with E-state index in [1.165, 1.54) is 4.88 Å². The number of rotatable bonds is 7. The summed E-state index contributed by atoms with van der Waals surface area (Å²) in [6, 6.07) is 0. The smallest absolute Gasteiger partial charge is 0.191 e. The Labute approximate surface area is 117 Å². The molecule has 0 aliphatic heterocycles. The van der Waals surface area contributed by atoms with Crippen LogP contribution in [-0.4, -0.2) is 36.0 Å². The Morgan fingerprint density at radius 1 is 1.61 bits per heavy atom. The lowest BCUT2D eigenvalue weighted by atomic mass is 10.6. The van der Waals surface area contributed by atoms with Gasteiger partial charge in [0.15, 0.2) is 5.96 Å². The van der Waals surface area contributed by atoms with Crippen LogP contribution < -0.4 is 10.6 Å². The van der Waals surface area contributed by atoms with Crippen LogP contribution in [0.3, 0.4) is 0 Å². The van der Waals surface area contributed by atoms with Crippen molar-refractivity contribution >= 4 is 29.1 Å². The van der Waals surface area contributed by atoms with Crippen molar-refractivity contribution in [1.29, 1.82) is 0 Å². The van der Waals surface area contributed by atoms with Gasteiger partial charge in [0.2, 0.25) is 0 Å². The molecular weight excluding hydrogens is 264 g/mol. The van der Waals surface area contributed by atoms with Crippen molar-refractivity contribution in [2.75, 3.05) is 25.1 Å². The molecule has 0 saturated heterocycles. The van der Waals surface area contributed by atoms with E-state index in [2.05, 4.69) is 34.1 Å². The molecule has 4 nitrogen and oxygen atoms in total. The fourth-order valence-electron chi connectivity index (χ4n) is 1.27. The summed E-state index contributed by atoms with van der Waals surface area (Å²) < 4.78 is 0. The zero-order chi connectivity index (χ0) is 13.2. The van der Waals surface area contributed by atoms with Gasteiger partial charge in [0, 0.05) is 36.2 Å². The first-order valence-electron chi connectivity index (χ1n) is 5.80. The quantitative estimate of drug-likeness (QED) is 0.348. The second-order valence-electron chi connectivity index (χ2n) is 3.58. The molecule has 0 unspecified atom stereocenters. The van der Waals surface area contributed by atoms with Gasteiger partial charge in [0.05, 0.1) is 6.54 Å². The number of nitrogens with zero attached hydrogens (tertiary/aromatic N) is 2. The number of hydrogen-bond acceptors (Lipinski definition) is 4. The van der Waals surface area contributed by atoms with Gasteiger partial charge in [-0.1, -0.05) is 6.08 Å². The molecule has 18 heavy (non-hydrogen) atoms. The predicted octanol–water partition coefficient (Wildman–Crippen LogP) is 2.04. The van der Waals surface area contributed by atoms with Gasteiger partial charge in [0.1, 0.15) is 5.01 Å².